The Morgan fingerprint density at radius 1 is 1.10 bits per heavy atom. The summed E-state index contributed by atoms with van der Waals surface area (Å²) >= 11 is 0. The number of aliphatic hydroxyl groups is 1. The van der Waals surface area contributed by atoms with Gasteiger partial charge in [-0.2, -0.15) is 0 Å². The highest BCUT2D eigenvalue weighted by Crippen LogP contribution is 2.42. The van der Waals surface area contributed by atoms with Crippen LogP contribution in [0.4, 0.5) is 0 Å². The van der Waals surface area contributed by atoms with Gasteiger partial charge in [0.1, 0.15) is 12.1 Å². The number of aryl methyl sites for hydroxylation is 2. The monoisotopic (exact) mass is 852 g/mol. The van der Waals surface area contributed by atoms with Gasteiger partial charge in [0.15, 0.2) is 5.60 Å². The van der Waals surface area contributed by atoms with Gasteiger partial charge in [0.05, 0.1) is 37.3 Å². The first kappa shape index (κ1) is 46.4. The molecule has 2 saturated heterocycles. The number of rotatable bonds is 18. The van der Waals surface area contributed by atoms with Crippen molar-refractivity contribution in [3.63, 3.8) is 0 Å². The zero-order valence-corrected chi connectivity index (χ0v) is 37.7. The van der Waals surface area contributed by atoms with E-state index >= 15 is 0 Å². The molecule has 334 valence electrons. The molecular formula is C48H64N6O8. The van der Waals surface area contributed by atoms with Crippen molar-refractivity contribution in [3.8, 4) is 22.4 Å². The van der Waals surface area contributed by atoms with Gasteiger partial charge in [-0.05, 0) is 92.5 Å². The molecule has 14 nitrogen and oxygen atoms in total. The second kappa shape index (κ2) is 19.5. The fraction of sp³-hybridized carbons (Fsp3) is 0.521. The Morgan fingerprint density at radius 2 is 1.85 bits per heavy atom. The van der Waals surface area contributed by atoms with Crippen LogP contribution in [0.15, 0.2) is 54.7 Å². The number of hydrazine groups is 1. The number of likely N-dealkylation sites (N-methyl/N-ethyl adjacent to an activating group) is 1. The first-order chi connectivity index (χ1) is 29.5. The van der Waals surface area contributed by atoms with E-state index in [2.05, 4.69) is 72.5 Å². The molecule has 62 heavy (non-hydrogen) atoms. The Morgan fingerprint density at radius 3 is 2.48 bits per heavy atom. The van der Waals surface area contributed by atoms with E-state index in [9.17, 15) is 24.3 Å². The van der Waals surface area contributed by atoms with Crippen LogP contribution < -0.4 is 10.7 Å². The lowest BCUT2D eigenvalue weighted by atomic mass is 9.84. The Kier molecular flexibility index (Phi) is 14.6. The number of carbonyl (C=O) groups is 4. The third-order valence-corrected chi connectivity index (χ3v) is 12.1. The second-order valence-electron chi connectivity index (χ2n) is 18.1. The Bertz CT molecular complexity index is 2260. The standard InChI is InChI=1S/C48H64N6O8/c1-10-53-40-16-15-34(24-37(40)38(25-47(6,7)26-62-29-55)43(53)36-14-13-17-49-41(36)32(5)60-9)35-21-31(4)20-33(22-35)23-39(45(57)54-19-12-11-18-50-54)51-44(56)42(30(2)3)52(8)46(58)48(59)27-61-28-48/h13-17,20-22,24,29-30,32,39,42,50,59H,10-12,18-19,23,25-28H2,1-9H3,(H,51,56). The largest absolute Gasteiger partial charge is 0.467 e. The number of hydrogen-bond donors (Lipinski definition) is 3. The van der Waals surface area contributed by atoms with Crippen LogP contribution in [0.25, 0.3) is 33.3 Å². The molecule has 2 aromatic heterocycles. The molecule has 3 amide bonds. The van der Waals surface area contributed by atoms with Crippen molar-refractivity contribution in [1.82, 2.24) is 30.2 Å². The first-order valence-electron chi connectivity index (χ1n) is 21.7. The van der Waals surface area contributed by atoms with Crippen molar-refractivity contribution in [3.05, 3.63) is 77.1 Å². The summed E-state index contributed by atoms with van der Waals surface area (Å²) in [6.45, 7) is 16.3. The molecule has 0 aliphatic carbocycles. The summed E-state index contributed by atoms with van der Waals surface area (Å²) in [6.07, 6.45) is 4.11. The van der Waals surface area contributed by atoms with Crippen molar-refractivity contribution in [1.29, 1.82) is 0 Å². The summed E-state index contributed by atoms with van der Waals surface area (Å²) in [7, 11) is 3.19. The number of nitrogens with zero attached hydrogens (tertiary/aromatic N) is 4. The van der Waals surface area contributed by atoms with Crippen LogP contribution in [0.1, 0.15) is 82.9 Å². The zero-order valence-electron chi connectivity index (χ0n) is 37.7. The summed E-state index contributed by atoms with van der Waals surface area (Å²) in [5.74, 6) is -1.65. The van der Waals surface area contributed by atoms with Crippen LogP contribution in [-0.2, 0) is 52.8 Å². The molecule has 0 saturated carbocycles. The second-order valence-corrected chi connectivity index (χ2v) is 18.1. The van der Waals surface area contributed by atoms with Gasteiger partial charge in [0, 0.05) is 68.3 Å². The van der Waals surface area contributed by atoms with Crippen LogP contribution in [0.3, 0.4) is 0 Å². The normalized spacial score (nSPS) is 16.7. The van der Waals surface area contributed by atoms with Crippen molar-refractivity contribution in [2.75, 3.05) is 47.1 Å². The van der Waals surface area contributed by atoms with Crippen LogP contribution in [0, 0.1) is 18.3 Å². The molecule has 3 N–H and O–H groups in total. The lowest BCUT2D eigenvalue weighted by Gasteiger charge is -2.41. The van der Waals surface area contributed by atoms with Gasteiger partial charge in [0.2, 0.25) is 5.91 Å². The number of amides is 3. The molecule has 0 bridgehead atoms. The Balaban J connectivity index is 1.41. The van der Waals surface area contributed by atoms with Crippen molar-refractivity contribution in [2.45, 2.75) is 104 Å². The SMILES string of the molecule is CCn1c(-c2cccnc2C(C)OC)c(CC(C)(C)COC=O)c2cc(-c3cc(C)cc(CC(NC(=O)C(C(C)C)N(C)C(=O)C4(O)COC4)C(=O)N4CCCCN4)c3)ccc21. The molecule has 2 aliphatic heterocycles. The van der Waals surface area contributed by atoms with E-state index in [0.717, 1.165) is 68.5 Å². The molecule has 2 aliphatic rings. The van der Waals surface area contributed by atoms with E-state index in [1.807, 2.05) is 39.8 Å². The van der Waals surface area contributed by atoms with Gasteiger partial charge < -0.3 is 34.1 Å². The number of carbonyl (C=O) groups excluding carboxylic acids is 4. The van der Waals surface area contributed by atoms with Crippen LogP contribution in [0.2, 0.25) is 0 Å². The minimum atomic E-state index is -1.68. The third-order valence-electron chi connectivity index (χ3n) is 12.1. The van der Waals surface area contributed by atoms with Gasteiger partial charge >= 0.3 is 0 Å². The lowest BCUT2D eigenvalue weighted by Crippen LogP contribution is -2.65. The average molecular weight is 853 g/mol. The summed E-state index contributed by atoms with van der Waals surface area (Å²) in [5, 5.41) is 16.5. The fourth-order valence-corrected chi connectivity index (χ4v) is 8.96. The number of benzene rings is 2. The van der Waals surface area contributed by atoms with Crippen molar-refractivity contribution >= 4 is 35.1 Å². The molecule has 3 atom stereocenters. The zero-order chi connectivity index (χ0) is 44.9. The molecule has 3 unspecified atom stereocenters. The van der Waals surface area contributed by atoms with E-state index in [4.69, 9.17) is 19.2 Å². The van der Waals surface area contributed by atoms with Crippen LogP contribution in [-0.4, -0.2) is 114 Å². The maximum Gasteiger partial charge on any atom is 0.293 e. The highest BCUT2D eigenvalue weighted by molar-refractivity contribution is 5.96. The smallest absolute Gasteiger partial charge is 0.293 e. The van der Waals surface area contributed by atoms with Crippen LogP contribution in [0.5, 0.6) is 0 Å². The van der Waals surface area contributed by atoms with E-state index in [1.54, 1.807) is 18.3 Å². The number of hydrogen-bond acceptors (Lipinski definition) is 10. The number of pyridine rings is 1. The summed E-state index contributed by atoms with van der Waals surface area (Å²) in [4.78, 5) is 59.2. The van der Waals surface area contributed by atoms with E-state index in [0.29, 0.717) is 32.5 Å². The van der Waals surface area contributed by atoms with E-state index in [-0.39, 0.29) is 44.2 Å². The molecule has 14 heteroatoms. The highest BCUT2D eigenvalue weighted by Gasteiger charge is 2.48. The summed E-state index contributed by atoms with van der Waals surface area (Å²) < 4.78 is 18.6. The molecule has 0 spiro atoms. The number of aromatic nitrogens is 2. The molecule has 6 rings (SSSR count). The number of ether oxygens (including phenoxy) is 3. The molecule has 2 fully saturated rings. The predicted octanol–water partition coefficient (Wildman–Crippen LogP) is 5.55. The van der Waals surface area contributed by atoms with Crippen molar-refractivity contribution in [2.24, 2.45) is 11.3 Å². The minimum Gasteiger partial charge on any atom is -0.467 e. The third kappa shape index (κ3) is 9.88. The Labute approximate surface area is 365 Å². The minimum absolute atomic E-state index is 0.132. The van der Waals surface area contributed by atoms with Gasteiger partial charge in [-0.25, -0.2) is 5.43 Å². The molecule has 4 aromatic rings. The van der Waals surface area contributed by atoms with Gasteiger partial charge in [-0.15, -0.1) is 0 Å². The maximum absolute atomic E-state index is 14.3. The first-order valence-corrected chi connectivity index (χ1v) is 21.7. The average Bonchev–Trinajstić information content (AvgIpc) is 3.54. The molecule has 4 heterocycles. The van der Waals surface area contributed by atoms with E-state index in [1.165, 1.54) is 11.9 Å². The molecule has 2 aromatic carbocycles. The predicted molar refractivity (Wildman–Crippen MR) is 238 cm³/mol. The van der Waals surface area contributed by atoms with Crippen molar-refractivity contribution < 1.29 is 38.5 Å². The Hall–Kier alpha value is -5.15. The summed E-state index contributed by atoms with van der Waals surface area (Å²) in [6, 6.07) is 14.9. The fourth-order valence-electron chi connectivity index (χ4n) is 8.96. The van der Waals surface area contributed by atoms with Gasteiger partial charge in [0.25, 0.3) is 18.3 Å². The lowest BCUT2D eigenvalue weighted by molar-refractivity contribution is -0.201. The maximum atomic E-state index is 14.3. The highest BCUT2D eigenvalue weighted by atomic mass is 16.5. The molecule has 0 radical (unpaired) electrons. The van der Waals surface area contributed by atoms with Gasteiger partial charge in [-0.3, -0.25) is 29.2 Å². The molecular weight excluding hydrogens is 789 g/mol. The van der Waals surface area contributed by atoms with Gasteiger partial charge in [-0.1, -0.05) is 57.5 Å². The number of nitrogens with one attached hydrogen (secondary N) is 2. The summed E-state index contributed by atoms with van der Waals surface area (Å²) in [5.41, 5.74) is 9.91. The topological polar surface area (TPSA) is 165 Å². The van der Waals surface area contributed by atoms with E-state index < -0.39 is 34.9 Å². The quantitative estimate of drug-likeness (QED) is 0.108. The number of fused-ring (bicyclic) bond motifs is 1. The van der Waals surface area contributed by atoms with Crippen LogP contribution >= 0.6 is 0 Å². The number of methoxy groups -OCH3 is 1.